The smallest absolute Gasteiger partial charge is 0.303 e. The molecule has 94 valence electrons. The highest BCUT2D eigenvalue weighted by molar-refractivity contribution is 6.31. The van der Waals surface area contributed by atoms with Crippen molar-refractivity contribution < 1.29 is 14.6 Å². The van der Waals surface area contributed by atoms with Crippen LogP contribution in [0.2, 0.25) is 5.02 Å². The summed E-state index contributed by atoms with van der Waals surface area (Å²) in [5, 5.41) is 12.3. The first-order chi connectivity index (χ1) is 8.13. The number of hydrogen-bond donors (Lipinski definition) is 2. The summed E-state index contributed by atoms with van der Waals surface area (Å²) in [5.41, 5.74) is 0.975. The number of carboxylic acids is 1. The summed E-state index contributed by atoms with van der Waals surface area (Å²) >= 11 is 6.06. The SMILES string of the molecule is COc1ccc(CNCCCC(=O)O)c(Cl)c1. The van der Waals surface area contributed by atoms with Gasteiger partial charge in [0.2, 0.25) is 0 Å². The first kappa shape index (κ1) is 13.8. The summed E-state index contributed by atoms with van der Waals surface area (Å²) in [6.45, 7) is 1.29. The standard InChI is InChI=1S/C12H16ClNO3/c1-17-10-5-4-9(11(13)7-10)8-14-6-2-3-12(15)16/h4-5,7,14H,2-3,6,8H2,1H3,(H,15,16). The highest BCUT2D eigenvalue weighted by Crippen LogP contribution is 2.22. The van der Waals surface area contributed by atoms with Crippen LogP contribution in [-0.4, -0.2) is 24.7 Å². The third-order valence-electron chi connectivity index (χ3n) is 2.32. The predicted molar refractivity (Wildman–Crippen MR) is 66.6 cm³/mol. The van der Waals surface area contributed by atoms with Gasteiger partial charge in [-0.05, 0) is 30.7 Å². The highest BCUT2D eigenvalue weighted by Gasteiger charge is 2.02. The van der Waals surface area contributed by atoms with Crippen molar-refractivity contribution in [3.05, 3.63) is 28.8 Å². The van der Waals surface area contributed by atoms with E-state index in [2.05, 4.69) is 5.32 Å². The van der Waals surface area contributed by atoms with Crippen molar-refractivity contribution in [2.24, 2.45) is 0 Å². The summed E-state index contributed by atoms with van der Waals surface area (Å²) < 4.78 is 5.05. The molecule has 1 rings (SSSR count). The minimum absolute atomic E-state index is 0.184. The van der Waals surface area contributed by atoms with E-state index in [4.69, 9.17) is 21.4 Å². The number of rotatable bonds is 7. The number of ether oxygens (including phenoxy) is 1. The molecule has 0 saturated carbocycles. The fourth-order valence-corrected chi connectivity index (χ4v) is 1.62. The molecular weight excluding hydrogens is 242 g/mol. The van der Waals surface area contributed by atoms with Crippen LogP contribution in [0.4, 0.5) is 0 Å². The van der Waals surface area contributed by atoms with Gasteiger partial charge >= 0.3 is 5.97 Å². The number of carbonyl (C=O) groups is 1. The van der Waals surface area contributed by atoms with Gasteiger partial charge in [-0.3, -0.25) is 4.79 Å². The van der Waals surface area contributed by atoms with E-state index in [0.717, 1.165) is 11.3 Å². The Morgan fingerprint density at radius 2 is 2.29 bits per heavy atom. The summed E-state index contributed by atoms with van der Waals surface area (Å²) in [5.74, 6) is -0.0427. The van der Waals surface area contributed by atoms with E-state index < -0.39 is 5.97 Å². The van der Waals surface area contributed by atoms with Crippen LogP contribution in [0, 0.1) is 0 Å². The Labute approximate surface area is 106 Å². The van der Waals surface area contributed by atoms with Gasteiger partial charge in [0.15, 0.2) is 0 Å². The molecule has 0 aliphatic carbocycles. The van der Waals surface area contributed by atoms with Crippen molar-refractivity contribution >= 4 is 17.6 Å². The molecule has 0 spiro atoms. The van der Waals surface area contributed by atoms with Crippen LogP contribution in [0.1, 0.15) is 18.4 Å². The second-order valence-electron chi connectivity index (χ2n) is 3.63. The van der Waals surface area contributed by atoms with Crippen LogP contribution in [0.25, 0.3) is 0 Å². The van der Waals surface area contributed by atoms with E-state index in [1.54, 1.807) is 13.2 Å². The van der Waals surface area contributed by atoms with E-state index in [1.807, 2.05) is 12.1 Å². The van der Waals surface area contributed by atoms with Gasteiger partial charge in [-0.25, -0.2) is 0 Å². The molecule has 0 radical (unpaired) electrons. The minimum Gasteiger partial charge on any atom is -0.497 e. The topological polar surface area (TPSA) is 58.6 Å². The lowest BCUT2D eigenvalue weighted by atomic mass is 10.2. The average molecular weight is 258 g/mol. The third-order valence-corrected chi connectivity index (χ3v) is 2.67. The fraction of sp³-hybridized carbons (Fsp3) is 0.417. The van der Waals surface area contributed by atoms with E-state index in [9.17, 15) is 4.79 Å². The van der Waals surface area contributed by atoms with Crippen molar-refractivity contribution in [2.45, 2.75) is 19.4 Å². The van der Waals surface area contributed by atoms with Crippen LogP contribution in [-0.2, 0) is 11.3 Å². The maximum absolute atomic E-state index is 10.3. The normalized spacial score (nSPS) is 10.2. The molecule has 1 aromatic rings. The molecule has 0 bridgehead atoms. The lowest BCUT2D eigenvalue weighted by Crippen LogP contribution is -2.16. The predicted octanol–water partition coefficient (Wildman–Crippen LogP) is 2.30. The Kier molecular flexibility index (Phi) is 5.80. The molecule has 0 saturated heterocycles. The number of aliphatic carboxylic acids is 1. The van der Waals surface area contributed by atoms with Gasteiger partial charge in [-0.2, -0.15) is 0 Å². The minimum atomic E-state index is -0.769. The highest BCUT2D eigenvalue weighted by atomic mass is 35.5. The van der Waals surface area contributed by atoms with Crippen molar-refractivity contribution in [3.8, 4) is 5.75 Å². The molecule has 0 amide bonds. The number of methoxy groups -OCH3 is 1. The molecule has 4 nitrogen and oxygen atoms in total. The molecule has 0 atom stereocenters. The molecule has 0 aliphatic heterocycles. The van der Waals surface area contributed by atoms with Crippen LogP contribution in [0.15, 0.2) is 18.2 Å². The van der Waals surface area contributed by atoms with Crippen LogP contribution in [0.3, 0.4) is 0 Å². The Bertz CT molecular complexity index is 382. The molecule has 0 heterocycles. The lowest BCUT2D eigenvalue weighted by Gasteiger charge is -2.07. The maximum Gasteiger partial charge on any atom is 0.303 e. The Hall–Kier alpha value is -1.26. The van der Waals surface area contributed by atoms with Gasteiger partial charge in [0.05, 0.1) is 7.11 Å². The number of halogens is 1. The largest absolute Gasteiger partial charge is 0.497 e. The molecule has 0 fully saturated rings. The van der Waals surface area contributed by atoms with Crippen LogP contribution in [0.5, 0.6) is 5.75 Å². The molecule has 2 N–H and O–H groups in total. The third kappa shape index (κ3) is 5.06. The van der Waals surface area contributed by atoms with Crippen molar-refractivity contribution in [2.75, 3.05) is 13.7 Å². The Morgan fingerprint density at radius 3 is 2.88 bits per heavy atom. The van der Waals surface area contributed by atoms with E-state index in [0.29, 0.717) is 24.5 Å². The van der Waals surface area contributed by atoms with Gasteiger partial charge < -0.3 is 15.2 Å². The molecule has 1 aromatic carbocycles. The number of carboxylic acid groups (broad SMARTS) is 1. The summed E-state index contributed by atoms with van der Waals surface area (Å²) in [7, 11) is 1.59. The van der Waals surface area contributed by atoms with Gasteiger partial charge in [-0.15, -0.1) is 0 Å². The molecule has 0 aliphatic rings. The van der Waals surface area contributed by atoms with Gasteiger partial charge in [-0.1, -0.05) is 17.7 Å². The van der Waals surface area contributed by atoms with Gasteiger partial charge in [0.25, 0.3) is 0 Å². The monoisotopic (exact) mass is 257 g/mol. The van der Waals surface area contributed by atoms with Crippen LogP contribution >= 0.6 is 11.6 Å². The van der Waals surface area contributed by atoms with E-state index in [-0.39, 0.29) is 6.42 Å². The lowest BCUT2D eigenvalue weighted by molar-refractivity contribution is -0.137. The number of benzene rings is 1. The quantitative estimate of drug-likeness (QED) is 0.736. The zero-order chi connectivity index (χ0) is 12.7. The second-order valence-corrected chi connectivity index (χ2v) is 4.04. The summed E-state index contributed by atoms with van der Waals surface area (Å²) in [6, 6.07) is 5.50. The molecule has 0 aromatic heterocycles. The fourth-order valence-electron chi connectivity index (χ4n) is 1.39. The van der Waals surface area contributed by atoms with Crippen LogP contribution < -0.4 is 10.1 Å². The number of hydrogen-bond acceptors (Lipinski definition) is 3. The number of nitrogens with one attached hydrogen (secondary N) is 1. The van der Waals surface area contributed by atoms with Gasteiger partial charge in [0, 0.05) is 18.0 Å². The Morgan fingerprint density at radius 1 is 1.53 bits per heavy atom. The van der Waals surface area contributed by atoms with Gasteiger partial charge in [0.1, 0.15) is 5.75 Å². The van der Waals surface area contributed by atoms with E-state index in [1.165, 1.54) is 0 Å². The molecule has 0 unspecified atom stereocenters. The van der Waals surface area contributed by atoms with Crippen molar-refractivity contribution in [1.29, 1.82) is 0 Å². The van der Waals surface area contributed by atoms with E-state index >= 15 is 0 Å². The molecule has 5 heteroatoms. The van der Waals surface area contributed by atoms with Crippen molar-refractivity contribution in [1.82, 2.24) is 5.32 Å². The first-order valence-corrected chi connectivity index (χ1v) is 5.76. The van der Waals surface area contributed by atoms with Crippen molar-refractivity contribution in [3.63, 3.8) is 0 Å². The maximum atomic E-state index is 10.3. The molecule has 17 heavy (non-hydrogen) atoms. The summed E-state index contributed by atoms with van der Waals surface area (Å²) in [4.78, 5) is 10.3. The average Bonchev–Trinajstić information content (AvgIpc) is 2.30. The second kappa shape index (κ2) is 7.14. The first-order valence-electron chi connectivity index (χ1n) is 5.38. The Balaban J connectivity index is 2.34. The zero-order valence-electron chi connectivity index (χ0n) is 9.70. The summed E-state index contributed by atoms with van der Waals surface area (Å²) in [6.07, 6.45) is 0.798. The zero-order valence-corrected chi connectivity index (χ0v) is 10.5. The molecular formula is C12H16ClNO3.